The molecule has 0 atom stereocenters. The summed E-state index contributed by atoms with van der Waals surface area (Å²) in [7, 11) is 0. The van der Waals surface area contributed by atoms with Crippen LogP contribution in [0.5, 0.6) is 0 Å². The van der Waals surface area contributed by atoms with Gasteiger partial charge in [0, 0.05) is 5.56 Å². The molecule has 7 heteroatoms. The molecule has 1 aromatic carbocycles. The van der Waals surface area contributed by atoms with Gasteiger partial charge in [-0.25, -0.2) is 22.4 Å². The van der Waals surface area contributed by atoms with Crippen LogP contribution in [0.2, 0.25) is 0 Å². The molecule has 2 nitrogen and oxygen atoms in total. The number of aromatic carboxylic acids is 1. The standard InChI is InChI=1S/C8H4F4O2.K.H/c1-2-4(9)6(11)3(8(13)14)7(12)5(2)10;;/h1H3,(H,13,14);;. The second-order valence-corrected chi connectivity index (χ2v) is 2.56. The van der Waals surface area contributed by atoms with Crippen LogP contribution in [-0.2, 0) is 0 Å². The zero-order valence-electron chi connectivity index (χ0n) is 6.87. The second kappa shape index (κ2) is 5.40. The molecular formula is C8H5F4KO2. The summed E-state index contributed by atoms with van der Waals surface area (Å²) >= 11 is 0. The van der Waals surface area contributed by atoms with Crippen LogP contribution in [0.1, 0.15) is 15.9 Å². The van der Waals surface area contributed by atoms with Crippen molar-refractivity contribution >= 4 is 57.4 Å². The fraction of sp³-hybridized carbons (Fsp3) is 0.125. The monoisotopic (exact) mass is 248 g/mol. The molecule has 0 heterocycles. The number of rotatable bonds is 1. The third kappa shape index (κ3) is 2.59. The van der Waals surface area contributed by atoms with Crippen LogP contribution in [0.15, 0.2) is 0 Å². The van der Waals surface area contributed by atoms with E-state index in [0.29, 0.717) is 0 Å². The molecule has 0 radical (unpaired) electrons. The zero-order chi connectivity index (χ0) is 11.0. The van der Waals surface area contributed by atoms with Gasteiger partial charge in [0.1, 0.15) is 5.56 Å². The summed E-state index contributed by atoms with van der Waals surface area (Å²) in [6, 6.07) is 0. The molecule has 0 amide bonds. The Bertz CT molecular complexity index is 391. The van der Waals surface area contributed by atoms with Gasteiger partial charge in [-0.15, -0.1) is 0 Å². The molecule has 0 aromatic heterocycles. The fourth-order valence-electron chi connectivity index (χ4n) is 0.929. The predicted octanol–water partition coefficient (Wildman–Crippen LogP) is 1.60. The summed E-state index contributed by atoms with van der Waals surface area (Å²) < 4.78 is 51.1. The molecule has 0 spiro atoms. The van der Waals surface area contributed by atoms with Gasteiger partial charge >= 0.3 is 57.4 Å². The Kier molecular flexibility index (Phi) is 5.41. The van der Waals surface area contributed by atoms with Crippen LogP contribution in [0.4, 0.5) is 17.6 Å². The Labute approximate surface area is 125 Å². The fourth-order valence-corrected chi connectivity index (χ4v) is 0.929. The number of carboxylic acid groups (broad SMARTS) is 1. The van der Waals surface area contributed by atoms with E-state index in [9.17, 15) is 22.4 Å². The van der Waals surface area contributed by atoms with Crippen molar-refractivity contribution in [2.45, 2.75) is 6.92 Å². The molecule has 0 saturated carbocycles. The van der Waals surface area contributed by atoms with Gasteiger partial charge in [-0.1, -0.05) is 0 Å². The molecule has 0 fully saturated rings. The third-order valence-electron chi connectivity index (χ3n) is 1.70. The summed E-state index contributed by atoms with van der Waals surface area (Å²) in [5.74, 6) is -9.23. The summed E-state index contributed by atoms with van der Waals surface area (Å²) in [5.41, 5.74) is -2.50. The van der Waals surface area contributed by atoms with Crippen LogP contribution in [0.25, 0.3) is 0 Å². The molecular weight excluding hydrogens is 243 g/mol. The van der Waals surface area contributed by atoms with Gasteiger partial charge in [-0.2, -0.15) is 0 Å². The molecule has 15 heavy (non-hydrogen) atoms. The normalized spacial score (nSPS) is 9.67. The summed E-state index contributed by atoms with van der Waals surface area (Å²) in [6.07, 6.45) is 0. The molecule has 1 rings (SSSR count). The predicted molar refractivity (Wildman–Crippen MR) is 45.1 cm³/mol. The quantitative estimate of drug-likeness (QED) is 0.465. The molecule has 0 unspecified atom stereocenters. The maximum atomic E-state index is 12.8. The Morgan fingerprint density at radius 2 is 1.33 bits per heavy atom. The minimum atomic E-state index is -2.06. The van der Waals surface area contributed by atoms with Crippen molar-refractivity contribution in [3.63, 3.8) is 0 Å². The first kappa shape index (κ1) is 15.0. The van der Waals surface area contributed by atoms with Gasteiger partial charge in [0.05, 0.1) is 0 Å². The van der Waals surface area contributed by atoms with E-state index in [0.717, 1.165) is 6.92 Å². The van der Waals surface area contributed by atoms with Crippen molar-refractivity contribution in [1.29, 1.82) is 0 Å². The molecule has 1 N–H and O–H groups in total. The topological polar surface area (TPSA) is 37.3 Å². The Morgan fingerprint density at radius 3 is 1.60 bits per heavy atom. The Balaban J connectivity index is 0.00000196. The molecule has 0 aliphatic heterocycles. The van der Waals surface area contributed by atoms with E-state index in [-0.39, 0.29) is 51.4 Å². The van der Waals surface area contributed by atoms with E-state index in [1.165, 1.54) is 0 Å². The first-order valence-electron chi connectivity index (χ1n) is 3.43. The number of carboxylic acids is 1. The van der Waals surface area contributed by atoms with Crippen LogP contribution in [0.3, 0.4) is 0 Å². The molecule has 0 aliphatic carbocycles. The molecule has 1 aromatic rings. The van der Waals surface area contributed by atoms with Crippen LogP contribution in [-0.4, -0.2) is 62.5 Å². The van der Waals surface area contributed by atoms with Gasteiger partial charge in [0.25, 0.3) is 0 Å². The Morgan fingerprint density at radius 1 is 1.00 bits per heavy atom. The van der Waals surface area contributed by atoms with Crippen molar-refractivity contribution in [1.82, 2.24) is 0 Å². The first-order valence-corrected chi connectivity index (χ1v) is 3.43. The van der Waals surface area contributed by atoms with Gasteiger partial charge in [-0.3, -0.25) is 0 Å². The van der Waals surface area contributed by atoms with Gasteiger partial charge in [0.2, 0.25) is 0 Å². The van der Waals surface area contributed by atoms with Gasteiger partial charge in [-0.05, 0) is 6.92 Å². The number of hydrogen-bond donors (Lipinski definition) is 1. The average Bonchev–Trinajstić information content (AvgIpc) is 2.11. The first-order chi connectivity index (χ1) is 6.37. The van der Waals surface area contributed by atoms with E-state index in [4.69, 9.17) is 5.11 Å². The van der Waals surface area contributed by atoms with Crippen LogP contribution in [0, 0.1) is 30.2 Å². The van der Waals surface area contributed by atoms with Crippen molar-refractivity contribution in [3.8, 4) is 0 Å². The second-order valence-electron chi connectivity index (χ2n) is 2.56. The van der Waals surface area contributed by atoms with E-state index >= 15 is 0 Å². The maximum absolute atomic E-state index is 12.8. The third-order valence-corrected chi connectivity index (χ3v) is 1.70. The Hall–Kier alpha value is 0.0464. The molecule has 78 valence electrons. The van der Waals surface area contributed by atoms with Crippen molar-refractivity contribution < 1.29 is 27.5 Å². The number of carbonyl (C=O) groups is 1. The molecule has 0 aliphatic rings. The van der Waals surface area contributed by atoms with Crippen molar-refractivity contribution in [2.75, 3.05) is 0 Å². The van der Waals surface area contributed by atoms with E-state index in [2.05, 4.69) is 0 Å². The SMILES string of the molecule is Cc1c(F)c(F)c(C(=O)O)c(F)c1F.[KH]. The van der Waals surface area contributed by atoms with Gasteiger partial charge < -0.3 is 5.11 Å². The van der Waals surface area contributed by atoms with Crippen LogP contribution >= 0.6 is 0 Å². The summed E-state index contributed by atoms with van der Waals surface area (Å²) in [6.45, 7) is 0.808. The van der Waals surface area contributed by atoms with E-state index in [1.807, 2.05) is 0 Å². The molecule has 0 saturated heterocycles. The summed E-state index contributed by atoms with van der Waals surface area (Å²) in [4.78, 5) is 10.2. The van der Waals surface area contributed by atoms with E-state index in [1.54, 1.807) is 0 Å². The number of benzene rings is 1. The molecule has 0 bridgehead atoms. The summed E-state index contributed by atoms with van der Waals surface area (Å²) in [5, 5.41) is 8.27. The zero-order valence-corrected chi connectivity index (χ0v) is 6.87. The number of hydrogen-bond acceptors (Lipinski definition) is 1. The van der Waals surface area contributed by atoms with Gasteiger partial charge in [0.15, 0.2) is 23.3 Å². The average molecular weight is 248 g/mol. The van der Waals surface area contributed by atoms with Crippen LogP contribution < -0.4 is 0 Å². The van der Waals surface area contributed by atoms with Crippen molar-refractivity contribution in [3.05, 3.63) is 34.4 Å². The van der Waals surface area contributed by atoms with Crippen molar-refractivity contribution in [2.24, 2.45) is 0 Å². The number of halogens is 4. The van der Waals surface area contributed by atoms with E-state index < -0.39 is 40.4 Å². The minimum absolute atomic E-state index is 0.